The lowest BCUT2D eigenvalue weighted by atomic mass is 10.1. The van der Waals surface area contributed by atoms with Gasteiger partial charge < -0.3 is 15.3 Å². The van der Waals surface area contributed by atoms with Crippen LogP contribution >= 0.6 is 0 Å². The number of hydrogen-bond donors (Lipinski definition) is 2. The minimum atomic E-state index is -1.11. The van der Waals surface area contributed by atoms with Gasteiger partial charge >= 0.3 is 12.0 Å². The van der Waals surface area contributed by atoms with Gasteiger partial charge in [0.1, 0.15) is 6.54 Å². The fourth-order valence-corrected chi connectivity index (χ4v) is 1.82. The molecule has 0 aromatic heterocycles. The highest BCUT2D eigenvalue weighted by molar-refractivity contribution is 5.92. The molecule has 114 valence electrons. The predicted octanol–water partition coefficient (Wildman–Crippen LogP) is 2.15. The molecule has 0 heterocycles. The average Bonchev–Trinajstić information content (AvgIpc) is 2.38. The molecule has 0 aliphatic heterocycles. The number of carbonyl (C=O) groups excluding carboxylic acids is 1. The Bertz CT molecular complexity index is 585. The number of likely N-dealkylation sites (N-methyl/N-ethyl adjacent to an activating group) is 1. The van der Waals surface area contributed by atoms with Gasteiger partial charge in [-0.25, -0.2) is 4.79 Å². The Hall–Kier alpha value is -2.64. The Kier molecular flexibility index (Phi) is 5.23. The number of anilines is 1. The number of nitro benzene ring substituents is 1. The number of carboxylic acids is 1. The molecule has 8 heteroatoms. The minimum Gasteiger partial charge on any atom is -0.480 e. The van der Waals surface area contributed by atoms with Gasteiger partial charge in [0.15, 0.2) is 0 Å². The molecule has 0 atom stereocenters. The van der Waals surface area contributed by atoms with E-state index in [0.717, 1.165) is 4.90 Å². The van der Waals surface area contributed by atoms with Crippen molar-refractivity contribution in [3.05, 3.63) is 33.4 Å². The van der Waals surface area contributed by atoms with Gasteiger partial charge in [-0.2, -0.15) is 0 Å². The first-order valence-corrected chi connectivity index (χ1v) is 6.29. The van der Waals surface area contributed by atoms with Crippen LogP contribution in [-0.4, -0.2) is 40.0 Å². The number of nitro groups is 1. The highest BCUT2D eigenvalue weighted by Gasteiger charge is 2.18. The van der Waals surface area contributed by atoms with Crippen LogP contribution in [0.25, 0.3) is 0 Å². The molecule has 0 fully saturated rings. The first-order chi connectivity index (χ1) is 9.76. The molecule has 0 radical (unpaired) electrons. The maximum atomic E-state index is 12.0. The van der Waals surface area contributed by atoms with E-state index in [-0.39, 0.29) is 12.2 Å². The second kappa shape index (κ2) is 6.69. The third-order valence-corrected chi connectivity index (χ3v) is 2.98. The summed E-state index contributed by atoms with van der Waals surface area (Å²) in [4.78, 5) is 34.1. The van der Waals surface area contributed by atoms with Gasteiger partial charge in [0.05, 0.1) is 4.92 Å². The Balaban J connectivity index is 2.97. The SMILES string of the molecule is CCN(CC(=O)O)C(=O)Nc1cc(C)c([N+](=O)[O-])cc1C. The van der Waals surface area contributed by atoms with E-state index in [0.29, 0.717) is 16.8 Å². The fraction of sp³-hybridized carbons (Fsp3) is 0.385. The summed E-state index contributed by atoms with van der Waals surface area (Å²) in [5.41, 5.74) is 1.35. The number of urea groups is 1. The molecule has 8 nitrogen and oxygen atoms in total. The summed E-state index contributed by atoms with van der Waals surface area (Å²) in [6.45, 7) is 4.70. The van der Waals surface area contributed by atoms with E-state index >= 15 is 0 Å². The van der Waals surface area contributed by atoms with Crippen molar-refractivity contribution in [3.63, 3.8) is 0 Å². The Morgan fingerprint density at radius 2 is 1.95 bits per heavy atom. The largest absolute Gasteiger partial charge is 0.480 e. The molecule has 0 saturated heterocycles. The fourth-order valence-electron chi connectivity index (χ4n) is 1.82. The number of benzene rings is 1. The topological polar surface area (TPSA) is 113 Å². The smallest absolute Gasteiger partial charge is 0.323 e. The van der Waals surface area contributed by atoms with Crippen LogP contribution in [0.4, 0.5) is 16.2 Å². The second-order valence-electron chi connectivity index (χ2n) is 4.55. The van der Waals surface area contributed by atoms with Crippen molar-refractivity contribution in [2.24, 2.45) is 0 Å². The van der Waals surface area contributed by atoms with Gasteiger partial charge in [-0.15, -0.1) is 0 Å². The van der Waals surface area contributed by atoms with Crippen molar-refractivity contribution >= 4 is 23.4 Å². The second-order valence-corrected chi connectivity index (χ2v) is 4.55. The van der Waals surface area contributed by atoms with Gasteiger partial charge in [-0.05, 0) is 32.4 Å². The molecule has 2 amide bonds. The summed E-state index contributed by atoms with van der Waals surface area (Å²) in [6, 6.07) is 2.31. The number of carbonyl (C=O) groups is 2. The lowest BCUT2D eigenvalue weighted by Crippen LogP contribution is -2.38. The minimum absolute atomic E-state index is 0.0246. The van der Waals surface area contributed by atoms with E-state index in [2.05, 4.69) is 5.32 Å². The van der Waals surface area contributed by atoms with Gasteiger partial charge in [0.2, 0.25) is 0 Å². The van der Waals surface area contributed by atoms with Crippen molar-refractivity contribution in [3.8, 4) is 0 Å². The van der Waals surface area contributed by atoms with Crippen LogP contribution in [0.15, 0.2) is 12.1 Å². The van der Waals surface area contributed by atoms with Gasteiger partial charge in [0.25, 0.3) is 5.69 Å². The van der Waals surface area contributed by atoms with Crippen molar-refractivity contribution in [1.82, 2.24) is 4.90 Å². The summed E-state index contributed by atoms with van der Waals surface area (Å²) in [6.07, 6.45) is 0. The summed E-state index contributed by atoms with van der Waals surface area (Å²) in [5, 5.41) is 22.1. The number of carboxylic acid groups (broad SMARTS) is 1. The predicted molar refractivity (Wildman–Crippen MR) is 76.5 cm³/mol. The van der Waals surface area contributed by atoms with Crippen LogP contribution in [0.2, 0.25) is 0 Å². The molecule has 0 aliphatic rings. The first kappa shape index (κ1) is 16.4. The van der Waals surface area contributed by atoms with Crippen LogP contribution in [0, 0.1) is 24.0 Å². The highest BCUT2D eigenvalue weighted by Crippen LogP contribution is 2.26. The van der Waals surface area contributed by atoms with Crippen LogP contribution < -0.4 is 5.32 Å². The summed E-state index contributed by atoms with van der Waals surface area (Å²) >= 11 is 0. The van der Waals surface area contributed by atoms with Crippen LogP contribution in [-0.2, 0) is 4.79 Å². The van der Waals surface area contributed by atoms with E-state index in [4.69, 9.17) is 5.11 Å². The maximum Gasteiger partial charge on any atom is 0.323 e. The van der Waals surface area contributed by atoms with Gasteiger partial charge in [-0.3, -0.25) is 14.9 Å². The quantitative estimate of drug-likeness (QED) is 0.638. The summed E-state index contributed by atoms with van der Waals surface area (Å²) < 4.78 is 0. The monoisotopic (exact) mass is 295 g/mol. The van der Waals surface area contributed by atoms with E-state index in [1.165, 1.54) is 12.1 Å². The van der Waals surface area contributed by atoms with E-state index < -0.39 is 23.5 Å². The summed E-state index contributed by atoms with van der Waals surface area (Å²) in [7, 11) is 0. The lowest BCUT2D eigenvalue weighted by Gasteiger charge is -2.20. The molecular formula is C13H17N3O5. The zero-order chi connectivity index (χ0) is 16.2. The molecule has 1 aromatic carbocycles. The molecule has 1 aromatic rings. The number of nitrogens with zero attached hydrogens (tertiary/aromatic N) is 2. The molecule has 0 unspecified atom stereocenters. The van der Waals surface area contributed by atoms with Crippen molar-refractivity contribution < 1.29 is 19.6 Å². The van der Waals surface area contributed by atoms with Crippen molar-refractivity contribution in [1.29, 1.82) is 0 Å². The molecule has 0 spiro atoms. The molecule has 1 rings (SSSR count). The zero-order valence-corrected chi connectivity index (χ0v) is 12.0. The van der Waals surface area contributed by atoms with Crippen LogP contribution in [0.1, 0.15) is 18.1 Å². The zero-order valence-electron chi connectivity index (χ0n) is 12.0. The molecule has 0 aliphatic carbocycles. The number of rotatable bonds is 5. The van der Waals surface area contributed by atoms with E-state index in [1.807, 2.05) is 0 Å². The van der Waals surface area contributed by atoms with Crippen LogP contribution in [0.5, 0.6) is 0 Å². The molecule has 21 heavy (non-hydrogen) atoms. The highest BCUT2D eigenvalue weighted by atomic mass is 16.6. The van der Waals surface area contributed by atoms with Crippen molar-refractivity contribution in [2.45, 2.75) is 20.8 Å². The molecule has 0 bridgehead atoms. The third kappa shape index (κ3) is 4.16. The van der Waals surface area contributed by atoms with Crippen LogP contribution in [0.3, 0.4) is 0 Å². The van der Waals surface area contributed by atoms with E-state index in [9.17, 15) is 19.7 Å². The van der Waals surface area contributed by atoms with Crippen molar-refractivity contribution in [2.75, 3.05) is 18.4 Å². The molecule has 2 N–H and O–H groups in total. The molecular weight excluding hydrogens is 278 g/mol. The molecule has 0 saturated carbocycles. The normalized spacial score (nSPS) is 10.0. The Morgan fingerprint density at radius 1 is 1.33 bits per heavy atom. The number of hydrogen-bond acceptors (Lipinski definition) is 4. The number of nitrogens with one attached hydrogen (secondary N) is 1. The third-order valence-electron chi connectivity index (χ3n) is 2.98. The number of aliphatic carboxylic acids is 1. The maximum absolute atomic E-state index is 12.0. The first-order valence-electron chi connectivity index (χ1n) is 6.29. The Morgan fingerprint density at radius 3 is 2.43 bits per heavy atom. The number of amides is 2. The average molecular weight is 295 g/mol. The lowest BCUT2D eigenvalue weighted by molar-refractivity contribution is -0.385. The van der Waals surface area contributed by atoms with Gasteiger partial charge in [-0.1, -0.05) is 0 Å². The van der Waals surface area contributed by atoms with Gasteiger partial charge in [0, 0.05) is 23.9 Å². The Labute approximate surface area is 121 Å². The number of aryl methyl sites for hydroxylation is 2. The van der Waals surface area contributed by atoms with E-state index in [1.54, 1.807) is 20.8 Å². The summed E-state index contributed by atoms with van der Waals surface area (Å²) in [5.74, 6) is -1.11. The standard InChI is InChI=1S/C13H17N3O5/c1-4-15(7-12(17)18)13(19)14-10-5-9(3)11(16(20)21)6-8(10)2/h5-6H,4,7H2,1-3H3,(H,14,19)(H,17,18).